The van der Waals surface area contributed by atoms with Crippen LogP contribution < -0.4 is 5.32 Å². The number of methoxy groups -OCH3 is 1. The molecule has 0 amide bonds. The quantitative estimate of drug-likeness (QED) is 0.733. The number of likely N-dealkylation sites (tertiary alicyclic amines) is 1. The minimum atomic E-state index is 0.663. The van der Waals surface area contributed by atoms with Gasteiger partial charge in [-0.2, -0.15) is 0 Å². The standard InChI is InChI=1S/C14H28N2O/c1-12(11-17-2)10-16-7-5-14(6-8-16)15-9-13-3-4-13/h12-15H,3-11H2,1-2H3. The molecule has 1 unspecified atom stereocenters. The van der Waals surface area contributed by atoms with Crippen molar-refractivity contribution in [1.29, 1.82) is 0 Å². The van der Waals surface area contributed by atoms with Crippen LogP contribution in [0.4, 0.5) is 0 Å². The largest absolute Gasteiger partial charge is 0.384 e. The van der Waals surface area contributed by atoms with Crippen LogP contribution >= 0.6 is 0 Å². The SMILES string of the molecule is COCC(C)CN1CCC(NCC2CC2)CC1. The van der Waals surface area contributed by atoms with Crippen LogP contribution in [0.2, 0.25) is 0 Å². The van der Waals surface area contributed by atoms with Crippen LogP contribution in [0.15, 0.2) is 0 Å². The summed E-state index contributed by atoms with van der Waals surface area (Å²) in [6, 6.07) is 0.782. The summed E-state index contributed by atoms with van der Waals surface area (Å²) in [6.45, 7) is 8.15. The van der Waals surface area contributed by atoms with Crippen molar-refractivity contribution in [2.24, 2.45) is 11.8 Å². The average molecular weight is 240 g/mol. The number of hydrogen-bond acceptors (Lipinski definition) is 3. The van der Waals surface area contributed by atoms with Crippen LogP contribution in [-0.2, 0) is 4.74 Å². The number of ether oxygens (including phenoxy) is 1. The second kappa shape index (κ2) is 6.72. The third-order valence-corrected chi connectivity index (χ3v) is 4.00. The van der Waals surface area contributed by atoms with Gasteiger partial charge in [-0.3, -0.25) is 0 Å². The van der Waals surface area contributed by atoms with Crippen molar-refractivity contribution in [3.05, 3.63) is 0 Å². The van der Waals surface area contributed by atoms with Gasteiger partial charge < -0.3 is 15.0 Å². The maximum Gasteiger partial charge on any atom is 0.0500 e. The smallest absolute Gasteiger partial charge is 0.0500 e. The van der Waals surface area contributed by atoms with E-state index in [0.717, 1.165) is 18.6 Å². The third-order valence-electron chi connectivity index (χ3n) is 4.00. The Morgan fingerprint density at radius 1 is 1.24 bits per heavy atom. The molecule has 1 aliphatic carbocycles. The summed E-state index contributed by atoms with van der Waals surface area (Å²) < 4.78 is 5.20. The fourth-order valence-corrected chi connectivity index (χ4v) is 2.75. The second-order valence-electron chi connectivity index (χ2n) is 5.99. The predicted octanol–water partition coefficient (Wildman–Crippen LogP) is 1.73. The van der Waals surface area contributed by atoms with Crippen molar-refractivity contribution in [1.82, 2.24) is 10.2 Å². The van der Waals surface area contributed by atoms with Gasteiger partial charge in [0.1, 0.15) is 0 Å². The lowest BCUT2D eigenvalue weighted by atomic mass is 10.0. The molecule has 1 aliphatic heterocycles. The molecule has 17 heavy (non-hydrogen) atoms. The first kappa shape index (κ1) is 13.3. The Hall–Kier alpha value is -0.120. The first-order valence-corrected chi connectivity index (χ1v) is 7.22. The number of hydrogen-bond donors (Lipinski definition) is 1. The summed E-state index contributed by atoms with van der Waals surface area (Å²) in [5, 5.41) is 3.73. The monoisotopic (exact) mass is 240 g/mol. The zero-order valence-electron chi connectivity index (χ0n) is 11.5. The summed E-state index contributed by atoms with van der Waals surface area (Å²) in [4.78, 5) is 2.60. The maximum atomic E-state index is 5.20. The fraction of sp³-hybridized carbons (Fsp3) is 1.00. The van der Waals surface area contributed by atoms with Gasteiger partial charge in [0.25, 0.3) is 0 Å². The van der Waals surface area contributed by atoms with E-state index in [1.54, 1.807) is 7.11 Å². The highest BCUT2D eigenvalue weighted by Gasteiger charge is 2.24. The lowest BCUT2D eigenvalue weighted by Crippen LogP contribution is -2.44. The Kier molecular flexibility index (Phi) is 5.26. The molecule has 2 fully saturated rings. The molecular formula is C14H28N2O. The molecule has 0 aromatic carbocycles. The number of rotatable bonds is 7. The molecule has 1 atom stereocenters. The molecule has 2 aliphatic rings. The fourth-order valence-electron chi connectivity index (χ4n) is 2.75. The lowest BCUT2D eigenvalue weighted by molar-refractivity contribution is 0.114. The molecule has 3 heteroatoms. The maximum absolute atomic E-state index is 5.20. The van der Waals surface area contributed by atoms with Gasteiger partial charge in [0.15, 0.2) is 0 Å². The van der Waals surface area contributed by atoms with Gasteiger partial charge in [0.05, 0.1) is 0 Å². The molecule has 1 heterocycles. The number of nitrogens with zero attached hydrogens (tertiary/aromatic N) is 1. The van der Waals surface area contributed by atoms with Crippen LogP contribution in [0.1, 0.15) is 32.6 Å². The molecule has 3 nitrogen and oxygen atoms in total. The lowest BCUT2D eigenvalue weighted by Gasteiger charge is -2.33. The van der Waals surface area contributed by atoms with Gasteiger partial charge in [-0.25, -0.2) is 0 Å². The predicted molar refractivity (Wildman–Crippen MR) is 71.2 cm³/mol. The second-order valence-corrected chi connectivity index (χ2v) is 5.99. The first-order chi connectivity index (χ1) is 8.28. The Balaban J connectivity index is 1.56. The Morgan fingerprint density at radius 2 is 1.94 bits per heavy atom. The average Bonchev–Trinajstić information content (AvgIpc) is 3.12. The molecule has 0 radical (unpaired) electrons. The Labute approximate surface area is 106 Å². The normalized spacial score (nSPS) is 25.1. The summed E-state index contributed by atoms with van der Waals surface area (Å²) >= 11 is 0. The highest BCUT2D eigenvalue weighted by atomic mass is 16.5. The van der Waals surface area contributed by atoms with Gasteiger partial charge in [-0.05, 0) is 57.2 Å². The summed E-state index contributed by atoms with van der Waals surface area (Å²) in [5.41, 5.74) is 0. The molecule has 1 saturated heterocycles. The van der Waals surface area contributed by atoms with Crippen molar-refractivity contribution < 1.29 is 4.74 Å². The molecule has 0 spiro atoms. The van der Waals surface area contributed by atoms with Gasteiger partial charge in [-0.15, -0.1) is 0 Å². The zero-order valence-corrected chi connectivity index (χ0v) is 11.5. The molecule has 2 rings (SSSR count). The van der Waals surface area contributed by atoms with Gasteiger partial charge >= 0.3 is 0 Å². The minimum Gasteiger partial charge on any atom is -0.384 e. The van der Waals surface area contributed by atoms with E-state index in [1.165, 1.54) is 51.9 Å². The van der Waals surface area contributed by atoms with Gasteiger partial charge in [-0.1, -0.05) is 6.92 Å². The third kappa shape index (κ3) is 4.94. The van der Waals surface area contributed by atoms with Gasteiger partial charge in [0.2, 0.25) is 0 Å². The van der Waals surface area contributed by atoms with E-state index in [2.05, 4.69) is 17.1 Å². The summed E-state index contributed by atoms with van der Waals surface area (Å²) in [7, 11) is 1.80. The molecular weight excluding hydrogens is 212 g/mol. The van der Waals surface area contributed by atoms with Crippen molar-refractivity contribution in [3.63, 3.8) is 0 Å². The van der Waals surface area contributed by atoms with Crippen molar-refractivity contribution in [3.8, 4) is 0 Å². The Bertz CT molecular complexity index is 210. The van der Waals surface area contributed by atoms with Crippen LogP contribution in [0, 0.1) is 11.8 Å². The highest BCUT2D eigenvalue weighted by Crippen LogP contribution is 2.28. The van der Waals surface area contributed by atoms with E-state index in [0.29, 0.717) is 5.92 Å². The van der Waals surface area contributed by atoms with E-state index >= 15 is 0 Å². The van der Waals surface area contributed by atoms with E-state index in [9.17, 15) is 0 Å². The number of nitrogens with one attached hydrogen (secondary N) is 1. The molecule has 100 valence electrons. The van der Waals surface area contributed by atoms with E-state index in [-0.39, 0.29) is 0 Å². The molecule has 0 aromatic heterocycles. The van der Waals surface area contributed by atoms with Crippen molar-refractivity contribution in [2.75, 3.05) is 39.9 Å². The van der Waals surface area contributed by atoms with Crippen molar-refractivity contribution in [2.45, 2.75) is 38.6 Å². The number of piperidine rings is 1. The van der Waals surface area contributed by atoms with Crippen molar-refractivity contribution >= 4 is 0 Å². The van der Waals surface area contributed by atoms with Gasteiger partial charge in [0, 0.05) is 26.3 Å². The molecule has 1 saturated carbocycles. The molecule has 0 bridgehead atoms. The minimum absolute atomic E-state index is 0.663. The molecule has 1 N–H and O–H groups in total. The van der Waals surface area contributed by atoms with Crippen LogP contribution in [-0.4, -0.2) is 50.8 Å². The van der Waals surface area contributed by atoms with Crippen LogP contribution in [0.5, 0.6) is 0 Å². The van der Waals surface area contributed by atoms with E-state index < -0.39 is 0 Å². The summed E-state index contributed by atoms with van der Waals surface area (Å²) in [5.74, 6) is 1.67. The highest BCUT2D eigenvalue weighted by molar-refractivity contribution is 4.82. The summed E-state index contributed by atoms with van der Waals surface area (Å²) in [6.07, 6.45) is 5.57. The molecule has 0 aromatic rings. The zero-order chi connectivity index (χ0) is 12.1. The Morgan fingerprint density at radius 3 is 2.53 bits per heavy atom. The van der Waals surface area contributed by atoms with Crippen LogP contribution in [0.25, 0.3) is 0 Å². The van der Waals surface area contributed by atoms with Crippen LogP contribution in [0.3, 0.4) is 0 Å². The van der Waals surface area contributed by atoms with E-state index in [4.69, 9.17) is 4.74 Å². The first-order valence-electron chi connectivity index (χ1n) is 7.22. The van der Waals surface area contributed by atoms with E-state index in [1.807, 2.05) is 0 Å². The topological polar surface area (TPSA) is 24.5 Å².